The first kappa shape index (κ1) is 14.9. The third kappa shape index (κ3) is 10.2. The molecule has 0 saturated heterocycles. The highest BCUT2D eigenvalue weighted by Gasteiger charge is 2.15. The summed E-state index contributed by atoms with van der Waals surface area (Å²) in [5, 5.41) is 3.53. The Hall–Kier alpha value is -0.0800. The van der Waals surface area contributed by atoms with Crippen LogP contribution < -0.4 is 5.32 Å². The lowest BCUT2D eigenvalue weighted by atomic mass is 10.1. The molecule has 0 amide bonds. The lowest BCUT2D eigenvalue weighted by Crippen LogP contribution is -2.43. The molecule has 0 aliphatic heterocycles. The molecule has 0 heterocycles. The second-order valence-corrected chi connectivity index (χ2v) is 5.01. The van der Waals surface area contributed by atoms with Crippen LogP contribution in [0.5, 0.6) is 0 Å². The molecule has 2 heteroatoms. The van der Waals surface area contributed by atoms with E-state index in [1.54, 1.807) is 7.11 Å². The van der Waals surface area contributed by atoms with Gasteiger partial charge in [-0.25, -0.2) is 0 Å². The second kappa shape index (κ2) is 9.17. The van der Waals surface area contributed by atoms with Gasteiger partial charge in [0.1, 0.15) is 0 Å². The molecule has 0 spiro atoms. The van der Waals surface area contributed by atoms with Crippen molar-refractivity contribution < 1.29 is 4.74 Å². The summed E-state index contributed by atoms with van der Waals surface area (Å²) in [7, 11) is 1.76. The first-order valence-electron chi connectivity index (χ1n) is 6.36. The summed E-state index contributed by atoms with van der Waals surface area (Å²) in [6, 6.07) is 0. The summed E-state index contributed by atoms with van der Waals surface area (Å²) in [4.78, 5) is 0. The third-order valence-corrected chi connectivity index (χ3v) is 2.64. The predicted molar refractivity (Wildman–Crippen MR) is 67.3 cm³/mol. The van der Waals surface area contributed by atoms with E-state index in [0.717, 1.165) is 13.2 Å². The van der Waals surface area contributed by atoms with E-state index in [4.69, 9.17) is 4.74 Å². The van der Waals surface area contributed by atoms with Gasteiger partial charge in [-0.2, -0.15) is 0 Å². The van der Waals surface area contributed by atoms with Crippen LogP contribution in [0.4, 0.5) is 0 Å². The maximum Gasteiger partial charge on any atom is 0.0639 e. The molecule has 0 unspecified atom stereocenters. The minimum absolute atomic E-state index is 0.123. The van der Waals surface area contributed by atoms with Crippen molar-refractivity contribution >= 4 is 0 Å². The Balaban J connectivity index is 3.22. The van der Waals surface area contributed by atoms with Crippen molar-refractivity contribution in [3.8, 4) is 0 Å². The Morgan fingerprint density at radius 1 is 1.00 bits per heavy atom. The van der Waals surface area contributed by atoms with Gasteiger partial charge in [-0.3, -0.25) is 0 Å². The molecule has 0 atom stereocenters. The van der Waals surface area contributed by atoms with E-state index in [2.05, 4.69) is 26.1 Å². The number of unbranched alkanes of at least 4 members (excludes halogenated alkanes) is 5. The predicted octanol–water partition coefficient (Wildman–Crippen LogP) is 3.36. The van der Waals surface area contributed by atoms with Gasteiger partial charge in [-0.15, -0.1) is 0 Å². The molecule has 0 aliphatic carbocycles. The van der Waals surface area contributed by atoms with Crippen molar-refractivity contribution in [2.75, 3.05) is 20.3 Å². The number of hydrogen-bond donors (Lipinski definition) is 1. The van der Waals surface area contributed by atoms with Crippen LogP contribution in [0.25, 0.3) is 0 Å². The fourth-order valence-electron chi connectivity index (χ4n) is 1.74. The molecule has 0 aromatic rings. The summed E-state index contributed by atoms with van der Waals surface area (Å²) in [6.07, 6.45) is 8.16. The smallest absolute Gasteiger partial charge is 0.0639 e. The number of ether oxygens (including phenoxy) is 1. The minimum Gasteiger partial charge on any atom is -0.383 e. The summed E-state index contributed by atoms with van der Waals surface area (Å²) >= 11 is 0. The van der Waals surface area contributed by atoms with E-state index in [1.807, 2.05) is 0 Å². The number of hydrogen-bond acceptors (Lipinski definition) is 2. The van der Waals surface area contributed by atoms with Gasteiger partial charge in [-0.05, 0) is 26.8 Å². The van der Waals surface area contributed by atoms with Gasteiger partial charge in [-0.1, -0.05) is 39.0 Å². The van der Waals surface area contributed by atoms with Gasteiger partial charge in [0.15, 0.2) is 0 Å². The highest BCUT2D eigenvalue weighted by Crippen LogP contribution is 2.06. The summed E-state index contributed by atoms with van der Waals surface area (Å²) in [5.74, 6) is 0. The zero-order valence-electron chi connectivity index (χ0n) is 11.1. The number of methoxy groups -OCH3 is 1. The lowest BCUT2D eigenvalue weighted by molar-refractivity contribution is 0.128. The van der Waals surface area contributed by atoms with Crippen LogP contribution in [0.2, 0.25) is 0 Å². The molecule has 0 aromatic heterocycles. The standard InChI is InChI=1S/C13H29NO/c1-5-6-7-8-9-10-11-14-13(2,3)12-15-4/h14H,5-12H2,1-4H3. The maximum atomic E-state index is 5.15. The molecule has 0 radical (unpaired) electrons. The lowest BCUT2D eigenvalue weighted by Gasteiger charge is -2.25. The van der Waals surface area contributed by atoms with E-state index < -0.39 is 0 Å². The average molecular weight is 215 g/mol. The van der Waals surface area contributed by atoms with E-state index in [-0.39, 0.29) is 5.54 Å². The highest BCUT2D eigenvalue weighted by molar-refractivity contribution is 4.76. The van der Waals surface area contributed by atoms with Gasteiger partial charge in [0.2, 0.25) is 0 Å². The normalized spacial score (nSPS) is 12.0. The fraction of sp³-hybridized carbons (Fsp3) is 1.00. The highest BCUT2D eigenvalue weighted by atomic mass is 16.5. The van der Waals surface area contributed by atoms with Crippen LogP contribution in [-0.4, -0.2) is 25.8 Å². The molecule has 0 aromatic carbocycles. The Labute approximate surface area is 95.8 Å². The van der Waals surface area contributed by atoms with Gasteiger partial charge >= 0.3 is 0 Å². The Morgan fingerprint density at radius 2 is 1.60 bits per heavy atom. The van der Waals surface area contributed by atoms with Crippen LogP contribution in [-0.2, 0) is 4.74 Å². The Bertz CT molecular complexity index is 134. The van der Waals surface area contributed by atoms with Crippen molar-refractivity contribution in [1.82, 2.24) is 5.32 Å². The number of nitrogens with one attached hydrogen (secondary N) is 1. The zero-order chi connectivity index (χ0) is 11.6. The van der Waals surface area contributed by atoms with Crippen LogP contribution in [0.3, 0.4) is 0 Å². The quantitative estimate of drug-likeness (QED) is 0.564. The molecule has 15 heavy (non-hydrogen) atoms. The molecule has 1 N–H and O–H groups in total. The van der Waals surface area contributed by atoms with Crippen molar-refractivity contribution in [2.45, 2.75) is 64.8 Å². The minimum atomic E-state index is 0.123. The Morgan fingerprint density at radius 3 is 2.20 bits per heavy atom. The molecule has 0 aliphatic rings. The van der Waals surface area contributed by atoms with Gasteiger partial charge in [0.05, 0.1) is 6.61 Å². The average Bonchev–Trinajstić information content (AvgIpc) is 2.16. The van der Waals surface area contributed by atoms with Crippen LogP contribution >= 0.6 is 0 Å². The molecule has 2 nitrogen and oxygen atoms in total. The fourth-order valence-corrected chi connectivity index (χ4v) is 1.74. The molecule has 0 rings (SSSR count). The molecule has 0 fully saturated rings. The van der Waals surface area contributed by atoms with E-state index >= 15 is 0 Å². The molecular weight excluding hydrogens is 186 g/mol. The van der Waals surface area contributed by atoms with Crippen molar-refractivity contribution in [1.29, 1.82) is 0 Å². The molecule has 92 valence electrons. The van der Waals surface area contributed by atoms with Crippen molar-refractivity contribution in [3.05, 3.63) is 0 Å². The summed E-state index contributed by atoms with van der Waals surface area (Å²) < 4.78 is 5.15. The van der Waals surface area contributed by atoms with Gasteiger partial charge in [0.25, 0.3) is 0 Å². The Kier molecular flexibility index (Phi) is 9.12. The van der Waals surface area contributed by atoms with E-state index in [9.17, 15) is 0 Å². The topological polar surface area (TPSA) is 21.3 Å². The van der Waals surface area contributed by atoms with Crippen molar-refractivity contribution in [3.63, 3.8) is 0 Å². The molecule has 0 bridgehead atoms. The molecular formula is C13H29NO. The van der Waals surface area contributed by atoms with Gasteiger partial charge < -0.3 is 10.1 Å². The van der Waals surface area contributed by atoms with Crippen LogP contribution in [0, 0.1) is 0 Å². The van der Waals surface area contributed by atoms with E-state index in [0.29, 0.717) is 0 Å². The molecule has 0 saturated carbocycles. The van der Waals surface area contributed by atoms with Crippen molar-refractivity contribution in [2.24, 2.45) is 0 Å². The number of rotatable bonds is 10. The first-order valence-corrected chi connectivity index (χ1v) is 6.36. The third-order valence-electron chi connectivity index (χ3n) is 2.64. The largest absolute Gasteiger partial charge is 0.383 e. The van der Waals surface area contributed by atoms with Gasteiger partial charge in [0, 0.05) is 12.6 Å². The first-order chi connectivity index (χ1) is 7.12. The zero-order valence-corrected chi connectivity index (χ0v) is 11.1. The summed E-state index contributed by atoms with van der Waals surface area (Å²) in [6.45, 7) is 8.53. The maximum absolute atomic E-state index is 5.15. The van der Waals surface area contributed by atoms with E-state index in [1.165, 1.54) is 38.5 Å². The summed E-state index contributed by atoms with van der Waals surface area (Å²) in [5.41, 5.74) is 0.123. The SMILES string of the molecule is CCCCCCCCNC(C)(C)COC. The van der Waals surface area contributed by atoms with Crippen LogP contribution in [0.1, 0.15) is 59.3 Å². The second-order valence-electron chi connectivity index (χ2n) is 5.01. The monoisotopic (exact) mass is 215 g/mol. The van der Waals surface area contributed by atoms with Crippen LogP contribution in [0.15, 0.2) is 0 Å².